The molecule has 2 saturated heterocycles. The highest BCUT2D eigenvalue weighted by molar-refractivity contribution is 5.81. The lowest BCUT2D eigenvalue weighted by Crippen LogP contribution is -2.62. The molecule has 0 saturated carbocycles. The number of nitrogens with one attached hydrogen (secondary N) is 2. The van der Waals surface area contributed by atoms with Gasteiger partial charge in [-0.05, 0) is 26.7 Å². The molecule has 104 valence electrons. The highest BCUT2D eigenvalue weighted by Crippen LogP contribution is 2.28. The average molecular weight is 255 g/mol. The van der Waals surface area contributed by atoms with Gasteiger partial charge in [-0.2, -0.15) is 0 Å². The molecule has 2 aliphatic rings. The Morgan fingerprint density at radius 3 is 2.94 bits per heavy atom. The van der Waals surface area contributed by atoms with E-state index in [9.17, 15) is 4.79 Å². The summed E-state index contributed by atoms with van der Waals surface area (Å²) in [7, 11) is 1.71. The maximum absolute atomic E-state index is 12.0. The van der Waals surface area contributed by atoms with Gasteiger partial charge in [-0.25, -0.2) is 0 Å². The van der Waals surface area contributed by atoms with Crippen molar-refractivity contribution in [3.05, 3.63) is 0 Å². The summed E-state index contributed by atoms with van der Waals surface area (Å²) < 4.78 is 5.77. The van der Waals surface area contributed by atoms with Crippen molar-refractivity contribution in [3.63, 3.8) is 0 Å². The number of likely N-dealkylation sites (N-methyl/N-ethyl adjacent to an activating group) is 1. The van der Waals surface area contributed by atoms with Crippen molar-refractivity contribution in [1.29, 1.82) is 0 Å². The van der Waals surface area contributed by atoms with Crippen LogP contribution in [0.4, 0.5) is 0 Å². The molecule has 2 N–H and O–H groups in total. The van der Waals surface area contributed by atoms with Gasteiger partial charge in [0.2, 0.25) is 5.91 Å². The van der Waals surface area contributed by atoms with Gasteiger partial charge in [-0.1, -0.05) is 0 Å². The van der Waals surface area contributed by atoms with Crippen molar-refractivity contribution in [3.8, 4) is 0 Å². The first-order valence-electron chi connectivity index (χ1n) is 6.85. The summed E-state index contributed by atoms with van der Waals surface area (Å²) in [4.78, 5) is 14.3. The zero-order valence-electron chi connectivity index (χ0n) is 11.7. The van der Waals surface area contributed by atoms with Gasteiger partial charge < -0.3 is 15.4 Å². The van der Waals surface area contributed by atoms with Crippen LogP contribution in [0.5, 0.6) is 0 Å². The second-order valence-electron chi connectivity index (χ2n) is 5.83. The van der Waals surface area contributed by atoms with Gasteiger partial charge in [0.1, 0.15) is 6.04 Å². The predicted octanol–water partition coefficient (Wildman–Crippen LogP) is -0.0362. The first kappa shape index (κ1) is 13.8. The summed E-state index contributed by atoms with van der Waals surface area (Å²) in [5, 5.41) is 6.08. The van der Waals surface area contributed by atoms with Gasteiger partial charge in [0.15, 0.2) is 0 Å². The van der Waals surface area contributed by atoms with E-state index in [2.05, 4.69) is 29.4 Å². The third-order valence-electron chi connectivity index (χ3n) is 3.97. The number of ether oxygens (including phenoxy) is 1. The normalized spacial score (nSPS) is 33.1. The van der Waals surface area contributed by atoms with Crippen molar-refractivity contribution in [2.75, 3.05) is 33.3 Å². The summed E-state index contributed by atoms with van der Waals surface area (Å²) in [6.07, 6.45) is 2.03. The molecule has 5 heteroatoms. The molecule has 0 aromatic rings. The van der Waals surface area contributed by atoms with Crippen LogP contribution in [0.2, 0.25) is 0 Å². The average Bonchev–Trinajstić information content (AvgIpc) is 2.36. The van der Waals surface area contributed by atoms with E-state index in [4.69, 9.17) is 4.74 Å². The number of carbonyl (C=O) groups excluding carboxylic acids is 1. The minimum atomic E-state index is -0.0684. The van der Waals surface area contributed by atoms with Crippen molar-refractivity contribution >= 4 is 5.91 Å². The zero-order valence-corrected chi connectivity index (χ0v) is 11.7. The molecule has 2 heterocycles. The topological polar surface area (TPSA) is 53.6 Å². The van der Waals surface area contributed by atoms with Crippen LogP contribution in [0, 0.1) is 0 Å². The fourth-order valence-corrected chi connectivity index (χ4v) is 3.05. The molecule has 5 nitrogen and oxygen atoms in total. The lowest BCUT2D eigenvalue weighted by Gasteiger charge is -2.45. The summed E-state index contributed by atoms with van der Waals surface area (Å²) in [6.45, 7) is 7.72. The number of rotatable bonds is 2. The highest BCUT2D eigenvalue weighted by Gasteiger charge is 2.38. The number of piperazine rings is 1. The third-order valence-corrected chi connectivity index (χ3v) is 3.97. The molecule has 0 radical (unpaired) electrons. The van der Waals surface area contributed by atoms with Crippen LogP contribution in [-0.2, 0) is 9.53 Å². The maximum Gasteiger partial charge on any atom is 0.238 e. The fraction of sp³-hybridized carbons (Fsp3) is 0.923. The van der Waals surface area contributed by atoms with Crippen LogP contribution in [-0.4, -0.2) is 61.8 Å². The Morgan fingerprint density at radius 2 is 2.28 bits per heavy atom. The molecule has 0 bridgehead atoms. The van der Waals surface area contributed by atoms with Gasteiger partial charge in [0.05, 0.1) is 5.60 Å². The summed E-state index contributed by atoms with van der Waals surface area (Å²) in [5.41, 5.74) is -0.0684. The van der Waals surface area contributed by atoms with E-state index in [1.165, 1.54) is 0 Å². The summed E-state index contributed by atoms with van der Waals surface area (Å²) in [5.74, 6) is 0.117. The molecule has 1 amide bonds. The van der Waals surface area contributed by atoms with Crippen molar-refractivity contribution in [2.45, 2.75) is 44.4 Å². The molecule has 0 spiro atoms. The number of hydrogen-bond donors (Lipinski definition) is 2. The Morgan fingerprint density at radius 1 is 1.50 bits per heavy atom. The Hall–Kier alpha value is -0.650. The molecule has 2 aliphatic heterocycles. The standard InChI is InChI=1S/C13H25N3O2/c1-13(2)8-10(4-7-18-13)16-6-5-15-9-11(16)12(17)14-3/h10-11,15H,4-9H2,1-3H3,(H,14,17). The molecule has 18 heavy (non-hydrogen) atoms. The molecule has 2 atom stereocenters. The maximum atomic E-state index is 12.0. The highest BCUT2D eigenvalue weighted by atomic mass is 16.5. The summed E-state index contributed by atoms with van der Waals surface area (Å²) >= 11 is 0. The second-order valence-corrected chi connectivity index (χ2v) is 5.83. The van der Waals surface area contributed by atoms with Gasteiger partial charge in [-0.3, -0.25) is 9.69 Å². The van der Waals surface area contributed by atoms with Crippen LogP contribution in [0.1, 0.15) is 26.7 Å². The predicted molar refractivity (Wildman–Crippen MR) is 70.5 cm³/mol. The van der Waals surface area contributed by atoms with Crippen LogP contribution < -0.4 is 10.6 Å². The Kier molecular flexibility index (Phi) is 4.25. The number of nitrogens with zero attached hydrogens (tertiary/aromatic N) is 1. The molecular formula is C13H25N3O2. The monoisotopic (exact) mass is 255 g/mol. The molecule has 0 aliphatic carbocycles. The van der Waals surface area contributed by atoms with Crippen LogP contribution in [0.25, 0.3) is 0 Å². The van der Waals surface area contributed by atoms with Crippen molar-refractivity contribution in [2.24, 2.45) is 0 Å². The lowest BCUT2D eigenvalue weighted by atomic mass is 9.91. The first-order valence-corrected chi connectivity index (χ1v) is 6.85. The number of carbonyl (C=O) groups is 1. The minimum Gasteiger partial charge on any atom is -0.375 e. The Bertz CT molecular complexity index is 307. The quantitative estimate of drug-likeness (QED) is 0.727. The van der Waals surface area contributed by atoms with E-state index in [-0.39, 0.29) is 17.6 Å². The number of amides is 1. The fourth-order valence-electron chi connectivity index (χ4n) is 3.05. The summed E-state index contributed by atoms with van der Waals surface area (Å²) in [6, 6.07) is 0.417. The first-order chi connectivity index (χ1) is 8.53. The molecule has 2 rings (SSSR count). The van der Waals surface area contributed by atoms with E-state index in [1.807, 2.05) is 0 Å². The molecule has 2 unspecified atom stereocenters. The Balaban J connectivity index is 2.06. The molecule has 2 fully saturated rings. The minimum absolute atomic E-state index is 0.0392. The molecule has 0 aromatic heterocycles. The Labute approximate surface area is 109 Å². The van der Waals surface area contributed by atoms with E-state index < -0.39 is 0 Å². The largest absolute Gasteiger partial charge is 0.375 e. The van der Waals surface area contributed by atoms with E-state index in [0.717, 1.165) is 39.1 Å². The van der Waals surface area contributed by atoms with Crippen LogP contribution >= 0.6 is 0 Å². The van der Waals surface area contributed by atoms with Crippen molar-refractivity contribution < 1.29 is 9.53 Å². The van der Waals surface area contributed by atoms with E-state index >= 15 is 0 Å². The zero-order chi connectivity index (χ0) is 13.2. The van der Waals surface area contributed by atoms with Gasteiger partial charge in [0.25, 0.3) is 0 Å². The van der Waals surface area contributed by atoms with Gasteiger partial charge in [0, 0.05) is 39.3 Å². The smallest absolute Gasteiger partial charge is 0.238 e. The lowest BCUT2D eigenvalue weighted by molar-refractivity contribution is -0.132. The molecule has 0 aromatic carbocycles. The van der Waals surface area contributed by atoms with E-state index in [0.29, 0.717) is 6.04 Å². The third kappa shape index (κ3) is 3.02. The van der Waals surface area contributed by atoms with Crippen LogP contribution in [0.15, 0.2) is 0 Å². The number of hydrogen-bond acceptors (Lipinski definition) is 4. The van der Waals surface area contributed by atoms with Gasteiger partial charge in [-0.15, -0.1) is 0 Å². The van der Waals surface area contributed by atoms with Gasteiger partial charge >= 0.3 is 0 Å². The van der Waals surface area contributed by atoms with Crippen LogP contribution in [0.3, 0.4) is 0 Å². The second kappa shape index (κ2) is 5.55. The van der Waals surface area contributed by atoms with Crippen molar-refractivity contribution in [1.82, 2.24) is 15.5 Å². The molecular weight excluding hydrogens is 230 g/mol. The van der Waals surface area contributed by atoms with E-state index in [1.54, 1.807) is 7.05 Å². The SMILES string of the molecule is CNC(=O)C1CNCCN1C1CCOC(C)(C)C1.